The summed E-state index contributed by atoms with van der Waals surface area (Å²) in [4.78, 5) is 53.5. The Labute approximate surface area is 225 Å². The number of esters is 1. The molecule has 0 fully saturated rings. The molecule has 0 heterocycles. The third kappa shape index (κ3) is 19.1. The largest absolute Gasteiger partial charge is 0.458 e. The Morgan fingerprint density at radius 2 is 1.03 bits per heavy atom. The van der Waals surface area contributed by atoms with Crippen LogP contribution in [-0.2, 0) is 23.7 Å². The second-order valence-corrected chi connectivity index (χ2v) is 12.6. The lowest BCUT2D eigenvalue weighted by Crippen LogP contribution is -2.48. The molecule has 0 aliphatic rings. The van der Waals surface area contributed by atoms with Crippen LogP contribution in [0.25, 0.3) is 0 Å². The minimum atomic E-state index is -1.31. The summed E-state index contributed by atoms with van der Waals surface area (Å²) in [5.74, 6) is -1.13. The third-order valence-electron chi connectivity index (χ3n) is 3.59. The van der Waals surface area contributed by atoms with E-state index in [0.717, 1.165) is 0 Å². The quantitative estimate of drug-likeness (QED) is 0.168. The molecule has 0 aliphatic carbocycles. The van der Waals surface area contributed by atoms with E-state index in [0.29, 0.717) is 0 Å². The van der Waals surface area contributed by atoms with Crippen LogP contribution in [0.1, 0.15) is 89.5 Å². The number of rotatable bonds is 6. The molecule has 0 aromatic heterocycles. The summed E-state index contributed by atoms with van der Waals surface area (Å²) in [7, 11) is 0. The van der Waals surface area contributed by atoms with Crippen molar-refractivity contribution in [3.8, 4) is 0 Å². The van der Waals surface area contributed by atoms with Gasteiger partial charge >= 0.3 is 24.2 Å². The van der Waals surface area contributed by atoms with Gasteiger partial charge in [-0.1, -0.05) is 0 Å². The third-order valence-corrected chi connectivity index (χ3v) is 3.59. The molecule has 4 N–H and O–H groups in total. The number of guanidine groups is 1. The van der Waals surface area contributed by atoms with E-state index in [4.69, 9.17) is 18.9 Å². The van der Waals surface area contributed by atoms with Crippen LogP contribution >= 0.6 is 0 Å². The normalized spacial score (nSPS) is 13.8. The molecule has 0 saturated carbocycles. The van der Waals surface area contributed by atoms with Gasteiger partial charge < -0.3 is 29.4 Å². The predicted molar refractivity (Wildman–Crippen MR) is 141 cm³/mol. The lowest BCUT2D eigenvalue weighted by molar-refractivity contribution is -0.158. The molecule has 0 bridgehead atoms. The molecule has 2 atom stereocenters. The minimum Gasteiger partial charge on any atom is -0.458 e. The summed E-state index contributed by atoms with van der Waals surface area (Å²) in [6.07, 6.45) is -4.29. The van der Waals surface area contributed by atoms with E-state index in [1.165, 1.54) is 0 Å². The summed E-state index contributed by atoms with van der Waals surface area (Å²) < 4.78 is 20.9. The van der Waals surface area contributed by atoms with Crippen molar-refractivity contribution >= 4 is 30.2 Å². The number of aliphatic imine (C=N–C) groups is 1. The molecule has 220 valence electrons. The zero-order valence-electron chi connectivity index (χ0n) is 24.7. The standard InChI is InChI=1S/C25H46N4O9/c1-22(2,3)35-17(31)16(27-19(32)36-23(4,5)6)13-15(30)14-26-18(28-20(33)37-24(7,8)9)29-21(34)38-25(10,11)12/h15-16,30H,13-14H2,1-12H3,(H,27,32)(H2,26,28,29,33,34)/t15-,16-/m0/s1. The van der Waals surface area contributed by atoms with Gasteiger partial charge in [0.15, 0.2) is 0 Å². The molecule has 38 heavy (non-hydrogen) atoms. The SMILES string of the molecule is CC(C)(C)OC(=O)NC(=NC[C@@H](O)C[C@H](NC(=O)OC(C)(C)C)C(=O)OC(C)(C)C)NC(=O)OC(C)(C)C. The monoisotopic (exact) mass is 546 g/mol. The first-order valence-corrected chi connectivity index (χ1v) is 12.3. The Balaban J connectivity index is 5.67. The summed E-state index contributed by atoms with van der Waals surface area (Å²) in [5.41, 5.74) is -3.32. The first-order chi connectivity index (χ1) is 16.8. The van der Waals surface area contributed by atoms with Gasteiger partial charge in [-0.2, -0.15) is 0 Å². The van der Waals surface area contributed by atoms with E-state index in [1.807, 2.05) is 0 Å². The van der Waals surface area contributed by atoms with E-state index in [1.54, 1.807) is 83.1 Å². The maximum atomic E-state index is 12.7. The van der Waals surface area contributed by atoms with Gasteiger partial charge in [-0.25, -0.2) is 24.2 Å². The van der Waals surface area contributed by atoms with Crippen LogP contribution in [0, 0.1) is 0 Å². The molecule has 0 rings (SSSR count). The fraction of sp³-hybridized carbons (Fsp3) is 0.800. The topological polar surface area (TPSA) is 174 Å². The van der Waals surface area contributed by atoms with E-state index in [2.05, 4.69) is 20.9 Å². The Bertz CT molecular complexity index is 828. The molecule has 0 radical (unpaired) electrons. The van der Waals surface area contributed by atoms with Gasteiger partial charge in [-0.15, -0.1) is 0 Å². The first-order valence-electron chi connectivity index (χ1n) is 12.3. The maximum Gasteiger partial charge on any atom is 0.414 e. The van der Waals surface area contributed by atoms with Gasteiger partial charge in [0.25, 0.3) is 0 Å². The smallest absolute Gasteiger partial charge is 0.414 e. The Morgan fingerprint density at radius 1 is 0.658 bits per heavy atom. The van der Waals surface area contributed by atoms with Gasteiger partial charge in [0.05, 0.1) is 12.6 Å². The van der Waals surface area contributed by atoms with Crippen molar-refractivity contribution in [3.05, 3.63) is 0 Å². The molecule has 13 heteroatoms. The van der Waals surface area contributed by atoms with Crippen molar-refractivity contribution in [1.82, 2.24) is 16.0 Å². The molecule has 0 aromatic rings. The number of aliphatic hydroxyl groups excluding tert-OH is 1. The van der Waals surface area contributed by atoms with Gasteiger partial charge in [0, 0.05) is 6.42 Å². The van der Waals surface area contributed by atoms with Crippen LogP contribution in [0.15, 0.2) is 4.99 Å². The molecule has 0 spiro atoms. The van der Waals surface area contributed by atoms with Crippen LogP contribution in [0.2, 0.25) is 0 Å². The number of ether oxygens (including phenoxy) is 4. The highest BCUT2D eigenvalue weighted by molar-refractivity contribution is 6.01. The molecule has 13 nitrogen and oxygen atoms in total. The van der Waals surface area contributed by atoms with E-state index in [9.17, 15) is 24.3 Å². The number of carbonyl (C=O) groups excluding carboxylic acids is 4. The van der Waals surface area contributed by atoms with Gasteiger partial charge in [-0.05, 0) is 83.1 Å². The number of hydrogen-bond acceptors (Lipinski definition) is 10. The highest BCUT2D eigenvalue weighted by Crippen LogP contribution is 2.13. The maximum absolute atomic E-state index is 12.7. The van der Waals surface area contributed by atoms with Crippen molar-refractivity contribution in [2.75, 3.05) is 6.54 Å². The number of alkyl carbamates (subject to hydrolysis) is 3. The number of amides is 3. The summed E-state index contributed by atoms with van der Waals surface area (Å²) in [5, 5.41) is 17.6. The molecule has 0 aromatic carbocycles. The van der Waals surface area contributed by atoms with E-state index < -0.39 is 58.8 Å². The minimum absolute atomic E-state index is 0.302. The number of nitrogens with one attached hydrogen (secondary N) is 3. The van der Waals surface area contributed by atoms with Crippen LogP contribution < -0.4 is 16.0 Å². The van der Waals surface area contributed by atoms with Gasteiger partial charge in [-0.3, -0.25) is 10.6 Å². The molecule has 0 aliphatic heterocycles. The zero-order valence-corrected chi connectivity index (χ0v) is 24.7. The predicted octanol–water partition coefficient (Wildman–Crippen LogP) is 3.38. The van der Waals surface area contributed by atoms with Crippen molar-refractivity contribution in [2.24, 2.45) is 4.99 Å². The van der Waals surface area contributed by atoms with Crippen molar-refractivity contribution in [1.29, 1.82) is 0 Å². The molecule has 0 saturated heterocycles. The molecular formula is C25H46N4O9. The Morgan fingerprint density at radius 3 is 1.39 bits per heavy atom. The number of nitrogens with zero attached hydrogens (tertiary/aromatic N) is 1. The van der Waals surface area contributed by atoms with Crippen LogP contribution in [-0.4, -0.2) is 76.4 Å². The lowest BCUT2D eigenvalue weighted by Gasteiger charge is -2.27. The summed E-state index contributed by atoms with van der Waals surface area (Å²) in [6, 6.07) is -1.27. The molecular weight excluding hydrogens is 500 g/mol. The van der Waals surface area contributed by atoms with Crippen molar-refractivity contribution in [3.63, 3.8) is 0 Å². The van der Waals surface area contributed by atoms with E-state index >= 15 is 0 Å². The Kier molecular flexibility index (Phi) is 12.5. The fourth-order valence-corrected chi connectivity index (χ4v) is 2.49. The average molecular weight is 547 g/mol. The van der Waals surface area contributed by atoms with Crippen LogP contribution in [0.5, 0.6) is 0 Å². The molecule has 0 unspecified atom stereocenters. The second kappa shape index (κ2) is 13.6. The van der Waals surface area contributed by atoms with Gasteiger partial charge in [0.1, 0.15) is 28.4 Å². The summed E-state index contributed by atoms with van der Waals surface area (Å²) in [6.45, 7) is 19.5. The van der Waals surface area contributed by atoms with Crippen molar-refractivity contribution < 1.29 is 43.2 Å². The number of aliphatic hydroxyl groups is 1. The van der Waals surface area contributed by atoms with Crippen LogP contribution in [0.4, 0.5) is 14.4 Å². The van der Waals surface area contributed by atoms with Crippen molar-refractivity contribution in [2.45, 2.75) is 124 Å². The lowest BCUT2D eigenvalue weighted by atomic mass is 10.1. The van der Waals surface area contributed by atoms with Gasteiger partial charge in [0.2, 0.25) is 5.96 Å². The highest BCUT2D eigenvalue weighted by atomic mass is 16.6. The van der Waals surface area contributed by atoms with Crippen LogP contribution in [0.3, 0.4) is 0 Å². The summed E-state index contributed by atoms with van der Waals surface area (Å²) >= 11 is 0. The fourth-order valence-electron chi connectivity index (χ4n) is 2.49. The van der Waals surface area contributed by atoms with E-state index in [-0.39, 0.29) is 18.9 Å². The highest BCUT2D eigenvalue weighted by Gasteiger charge is 2.31. The first kappa shape index (κ1) is 34.9. The average Bonchev–Trinajstić information content (AvgIpc) is 2.59. The second-order valence-electron chi connectivity index (χ2n) is 12.6. The molecule has 3 amide bonds. The number of hydrogen-bond donors (Lipinski definition) is 4. The zero-order chi connectivity index (χ0) is 30.1. The number of carbonyl (C=O) groups is 4. The Hall–Kier alpha value is -3.09.